The van der Waals surface area contributed by atoms with Gasteiger partial charge in [-0.25, -0.2) is 9.78 Å². The van der Waals surface area contributed by atoms with Crippen molar-refractivity contribution in [3.05, 3.63) is 84.1 Å². The van der Waals surface area contributed by atoms with E-state index >= 15 is 0 Å². The van der Waals surface area contributed by atoms with Crippen LogP contribution < -0.4 is 15.7 Å². The van der Waals surface area contributed by atoms with Gasteiger partial charge < -0.3 is 14.5 Å². The molecule has 0 saturated carbocycles. The lowest BCUT2D eigenvalue weighted by Crippen LogP contribution is -2.03. The van der Waals surface area contributed by atoms with Gasteiger partial charge in [0.25, 0.3) is 5.69 Å². The molecule has 164 valence electrons. The highest BCUT2D eigenvalue weighted by atomic mass is 79.9. The maximum absolute atomic E-state index is 12.5. The summed E-state index contributed by atoms with van der Waals surface area (Å²) in [7, 11) is 1.39. The Balaban J connectivity index is 1.65. The average molecular weight is 525 g/mol. The van der Waals surface area contributed by atoms with Gasteiger partial charge in [0.2, 0.25) is 0 Å². The molecule has 33 heavy (non-hydrogen) atoms. The summed E-state index contributed by atoms with van der Waals surface area (Å²) >= 11 is 4.59. The number of ether oxygens (including phenoxy) is 1. The standard InChI is InChI=1S/C22H13BrN4O5S/c1-31-20-8-15(27(29)30)3-4-17(20)25-10-13(9-24)21-26-18(11-33-21)16-7-12-6-14(23)2-5-19(12)32-22(16)28/h2-8,10-11,25H,1H3/b13-10+. The van der Waals surface area contributed by atoms with Crippen molar-refractivity contribution in [2.24, 2.45) is 0 Å². The Morgan fingerprint density at radius 2 is 2.15 bits per heavy atom. The molecule has 0 atom stereocenters. The minimum atomic E-state index is -0.530. The summed E-state index contributed by atoms with van der Waals surface area (Å²) in [4.78, 5) is 27.3. The van der Waals surface area contributed by atoms with Crippen molar-refractivity contribution in [3.63, 3.8) is 0 Å². The number of fused-ring (bicyclic) bond motifs is 1. The van der Waals surface area contributed by atoms with Crippen LogP contribution in [0, 0.1) is 21.4 Å². The van der Waals surface area contributed by atoms with Gasteiger partial charge in [-0.3, -0.25) is 10.1 Å². The molecule has 0 saturated heterocycles. The van der Waals surface area contributed by atoms with Crippen LogP contribution in [0.2, 0.25) is 0 Å². The molecule has 2 aromatic carbocycles. The third kappa shape index (κ3) is 4.62. The van der Waals surface area contributed by atoms with Crippen LogP contribution in [-0.4, -0.2) is 17.0 Å². The minimum absolute atomic E-state index is 0.118. The second-order valence-electron chi connectivity index (χ2n) is 6.62. The van der Waals surface area contributed by atoms with Crippen LogP contribution in [0.4, 0.5) is 11.4 Å². The van der Waals surface area contributed by atoms with Crippen LogP contribution in [0.15, 0.2) is 67.7 Å². The van der Waals surface area contributed by atoms with E-state index in [0.717, 1.165) is 9.86 Å². The SMILES string of the molecule is COc1cc([N+](=O)[O-])ccc1N/C=C(\C#N)c1nc(-c2cc3cc(Br)ccc3oc2=O)cs1. The lowest BCUT2D eigenvalue weighted by molar-refractivity contribution is -0.384. The number of thiazole rings is 1. The predicted molar refractivity (Wildman–Crippen MR) is 128 cm³/mol. The first-order chi connectivity index (χ1) is 15.9. The lowest BCUT2D eigenvalue weighted by Gasteiger charge is -2.08. The van der Waals surface area contributed by atoms with Gasteiger partial charge in [-0.05, 0) is 30.3 Å². The van der Waals surface area contributed by atoms with E-state index in [9.17, 15) is 20.2 Å². The smallest absolute Gasteiger partial charge is 0.345 e. The Labute approximate surface area is 198 Å². The number of halogens is 1. The fourth-order valence-electron chi connectivity index (χ4n) is 3.00. The third-order valence-electron chi connectivity index (χ3n) is 4.59. The molecule has 11 heteroatoms. The maximum atomic E-state index is 12.5. The molecule has 2 aromatic heterocycles. The Bertz CT molecular complexity index is 1520. The van der Waals surface area contributed by atoms with E-state index in [1.165, 1.54) is 42.8 Å². The summed E-state index contributed by atoms with van der Waals surface area (Å²) in [5.74, 6) is 0.248. The monoisotopic (exact) mass is 524 g/mol. The predicted octanol–water partition coefficient (Wildman–Crippen LogP) is 5.57. The Kier molecular flexibility index (Phi) is 6.21. The molecule has 4 aromatic rings. The molecular formula is C22H13BrN4O5S. The van der Waals surface area contributed by atoms with E-state index in [2.05, 4.69) is 32.3 Å². The number of nitro groups is 1. The van der Waals surface area contributed by atoms with Crippen molar-refractivity contribution in [2.75, 3.05) is 12.4 Å². The zero-order valence-electron chi connectivity index (χ0n) is 16.9. The van der Waals surface area contributed by atoms with E-state index in [0.29, 0.717) is 22.0 Å². The van der Waals surface area contributed by atoms with Gasteiger partial charge in [-0.1, -0.05) is 15.9 Å². The summed E-state index contributed by atoms with van der Waals surface area (Å²) in [5.41, 5.74) is 1.13. The van der Waals surface area contributed by atoms with Crippen molar-refractivity contribution in [2.45, 2.75) is 0 Å². The number of aromatic nitrogens is 1. The number of nitro benzene ring substituents is 1. The highest BCUT2D eigenvalue weighted by molar-refractivity contribution is 9.10. The average Bonchev–Trinajstić information content (AvgIpc) is 3.29. The number of anilines is 1. The lowest BCUT2D eigenvalue weighted by atomic mass is 10.1. The number of rotatable bonds is 6. The molecule has 0 fully saturated rings. The largest absolute Gasteiger partial charge is 0.494 e. The number of nitriles is 1. The van der Waals surface area contributed by atoms with E-state index in [1.54, 1.807) is 23.6 Å². The number of methoxy groups -OCH3 is 1. The normalized spacial score (nSPS) is 11.2. The molecule has 0 spiro atoms. The molecular weight excluding hydrogens is 512 g/mol. The molecule has 0 unspecified atom stereocenters. The molecule has 0 amide bonds. The van der Waals surface area contributed by atoms with Gasteiger partial charge in [-0.15, -0.1) is 11.3 Å². The summed E-state index contributed by atoms with van der Waals surface area (Å²) in [6.07, 6.45) is 1.42. The van der Waals surface area contributed by atoms with Crippen molar-refractivity contribution < 1.29 is 14.1 Å². The summed E-state index contributed by atoms with van der Waals surface area (Å²) < 4.78 is 11.4. The highest BCUT2D eigenvalue weighted by Gasteiger charge is 2.15. The Morgan fingerprint density at radius 3 is 2.88 bits per heavy atom. The van der Waals surface area contributed by atoms with Gasteiger partial charge in [0, 0.05) is 27.5 Å². The summed E-state index contributed by atoms with van der Waals surface area (Å²) in [6.45, 7) is 0. The molecule has 1 N–H and O–H groups in total. The number of nitrogens with one attached hydrogen (secondary N) is 1. The molecule has 0 radical (unpaired) electrons. The fraction of sp³-hybridized carbons (Fsp3) is 0.0455. The highest BCUT2D eigenvalue weighted by Crippen LogP contribution is 2.31. The van der Waals surface area contributed by atoms with E-state index in [1.807, 2.05) is 6.07 Å². The van der Waals surface area contributed by atoms with Crippen LogP contribution >= 0.6 is 27.3 Å². The number of hydrogen-bond donors (Lipinski definition) is 1. The van der Waals surface area contributed by atoms with Crippen molar-refractivity contribution in [3.8, 4) is 23.1 Å². The van der Waals surface area contributed by atoms with Gasteiger partial charge in [-0.2, -0.15) is 5.26 Å². The third-order valence-corrected chi connectivity index (χ3v) is 5.96. The van der Waals surface area contributed by atoms with E-state index in [4.69, 9.17) is 9.15 Å². The van der Waals surface area contributed by atoms with Gasteiger partial charge in [0.05, 0.1) is 35.0 Å². The zero-order valence-corrected chi connectivity index (χ0v) is 19.3. The van der Waals surface area contributed by atoms with Crippen molar-refractivity contribution in [1.29, 1.82) is 5.26 Å². The molecule has 4 rings (SSSR count). The number of benzene rings is 2. The quantitative estimate of drug-likeness (QED) is 0.150. The first-order valence-electron chi connectivity index (χ1n) is 9.28. The first kappa shape index (κ1) is 22.2. The topological polar surface area (TPSA) is 131 Å². The second-order valence-corrected chi connectivity index (χ2v) is 8.40. The molecule has 9 nitrogen and oxygen atoms in total. The molecule has 0 aliphatic rings. The van der Waals surface area contributed by atoms with Gasteiger partial charge in [0.1, 0.15) is 28.0 Å². The maximum Gasteiger partial charge on any atom is 0.345 e. The number of hydrogen-bond acceptors (Lipinski definition) is 9. The second kappa shape index (κ2) is 9.23. The van der Waals surface area contributed by atoms with E-state index in [-0.39, 0.29) is 22.6 Å². The Hall–Kier alpha value is -4.01. The molecule has 2 heterocycles. The van der Waals surface area contributed by atoms with Crippen LogP contribution in [0.5, 0.6) is 5.75 Å². The number of nitrogens with zero attached hydrogens (tertiary/aromatic N) is 3. The van der Waals surface area contributed by atoms with Gasteiger partial charge in [0.15, 0.2) is 0 Å². The summed E-state index contributed by atoms with van der Waals surface area (Å²) in [5, 5.41) is 26.3. The number of non-ortho nitro benzene ring substituents is 1. The van der Waals surface area contributed by atoms with Crippen molar-refractivity contribution >= 4 is 55.2 Å². The Morgan fingerprint density at radius 1 is 1.33 bits per heavy atom. The van der Waals surface area contributed by atoms with E-state index < -0.39 is 10.5 Å². The van der Waals surface area contributed by atoms with Crippen LogP contribution in [0.1, 0.15) is 5.01 Å². The molecule has 0 aliphatic carbocycles. The summed E-state index contributed by atoms with van der Waals surface area (Å²) in [6, 6.07) is 13.2. The van der Waals surface area contributed by atoms with Crippen LogP contribution in [0.3, 0.4) is 0 Å². The van der Waals surface area contributed by atoms with Crippen LogP contribution in [-0.2, 0) is 0 Å². The van der Waals surface area contributed by atoms with Crippen molar-refractivity contribution in [1.82, 2.24) is 4.98 Å². The van der Waals surface area contributed by atoms with Gasteiger partial charge >= 0.3 is 5.63 Å². The first-order valence-corrected chi connectivity index (χ1v) is 11.0. The fourth-order valence-corrected chi connectivity index (χ4v) is 4.16. The zero-order chi connectivity index (χ0) is 23.5. The van der Waals surface area contributed by atoms with Crippen LogP contribution in [0.25, 0.3) is 27.8 Å². The molecule has 0 bridgehead atoms. The number of allylic oxidation sites excluding steroid dienone is 1. The minimum Gasteiger partial charge on any atom is -0.494 e. The molecule has 0 aliphatic heterocycles.